The molecule has 0 aliphatic heterocycles. The van der Waals surface area contributed by atoms with E-state index in [0.29, 0.717) is 6.04 Å². The van der Waals surface area contributed by atoms with Gasteiger partial charge in [0.15, 0.2) is 0 Å². The predicted octanol–water partition coefficient (Wildman–Crippen LogP) is 2.17. The number of halogens is 1. The van der Waals surface area contributed by atoms with Crippen molar-refractivity contribution in [2.24, 2.45) is 0 Å². The average Bonchev–Trinajstić information content (AvgIpc) is 2.20. The molecule has 0 fully saturated rings. The maximum absolute atomic E-state index is 4.25. The Morgan fingerprint density at radius 2 is 2.36 bits per heavy atom. The SMILES string of the molecule is CCCC(Cc1ncncc1Br)NC. The van der Waals surface area contributed by atoms with E-state index < -0.39 is 0 Å². The molecule has 1 aromatic heterocycles. The van der Waals surface area contributed by atoms with Crippen molar-refractivity contribution in [2.75, 3.05) is 7.05 Å². The number of nitrogens with zero attached hydrogens (tertiary/aromatic N) is 2. The molecule has 0 spiro atoms. The maximum atomic E-state index is 4.25. The summed E-state index contributed by atoms with van der Waals surface area (Å²) in [6, 6.07) is 0.506. The number of hydrogen-bond donors (Lipinski definition) is 1. The van der Waals surface area contributed by atoms with Crippen LogP contribution in [-0.4, -0.2) is 23.1 Å². The molecule has 0 amide bonds. The molecular weight excluding hydrogens is 242 g/mol. The first-order valence-corrected chi connectivity index (χ1v) is 5.68. The van der Waals surface area contributed by atoms with E-state index in [2.05, 4.69) is 38.1 Å². The van der Waals surface area contributed by atoms with E-state index in [9.17, 15) is 0 Å². The van der Waals surface area contributed by atoms with E-state index in [4.69, 9.17) is 0 Å². The standard InChI is InChI=1S/C10H16BrN3/c1-3-4-8(12-2)5-10-9(11)6-13-7-14-10/h6-8,12H,3-5H2,1-2H3. The molecule has 1 atom stereocenters. The Labute approximate surface area is 93.5 Å². The number of hydrogen-bond acceptors (Lipinski definition) is 3. The number of aromatic nitrogens is 2. The highest BCUT2D eigenvalue weighted by atomic mass is 79.9. The lowest BCUT2D eigenvalue weighted by Gasteiger charge is -2.14. The molecular formula is C10H16BrN3. The van der Waals surface area contributed by atoms with Crippen LogP contribution in [0.1, 0.15) is 25.5 Å². The number of rotatable bonds is 5. The second kappa shape index (κ2) is 6.09. The van der Waals surface area contributed by atoms with Crippen LogP contribution in [-0.2, 0) is 6.42 Å². The first-order valence-electron chi connectivity index (χ1n) is 4.89. The van der Waals surface area contributed by atoms with Crippen LogP contribution in [0, 0.1) is 0 Å². The summed E-state index contributed by atoms with van der Waals surface area (Å²) in [5.41, 5.74) is 1.08. The van der Waals surface area contributed by atoms with Gasteiger partial charge in [0, 0.05) is 18.7 Å². The molecule has 4 heteroatoms. The Kier molecular flexibility index (Phi) is 5.04. The number of likely N-dealkylation sites (N-methyl/N-ethyl adjacent to an activating group) is 1. The molecule has 14 heavy (non-hydrogen) atoms. The molecule has 0 saturated carbocycles. The number of nitrogens with one attached hydrogen (secondary N) is 1. The van der Waals surface area contributed by atoms with Crippen molar-refractivity contribution < 1.29 is 0 Å². The summed E-state index contributed by atoms with van der Waals surface area (Å²) < 4.78 is 0.997. The van der Waals surface area contributed by atoms with Crippen LogP contribution in [0.5, 0.6) is 0 Å². The zero-order chi connectivity index (χ0) is 10.4. The first-order chi connectivity index (χ1) is 6.77. The molecule has 3 nitrogen and oxygen atoms in total. The second-order valence-electron chi connectivity index (χ2n) is 3.30. The highest BCUT2D eigenvalue weighted by Crippen LogP contribution is 2.14. The molecule has 0 radical (unpaired) electrons. The van der Waals surface area contributed by atoms with E-state index >= 15 is 0 Å². The van der Waals surface area contributed by atoms with Crippen LogP contribution in [0.2, 0.25) is 0 Å². The van der Waals surface area contributed by atoms with Gasteiger partial charge in [-0.3, -0.25) is 0 Å². The molecule has 0 bridgehead atoms. The molecule has 78 valence electrons. The minimum Gasteiger partial charge on any atom is -0.317 e. The van der Waals surface area contributed by atoms with Gasteiger partial charge in [-0.15, -0.1) is 0 Å². The van der Waals surface area contributed by atoms with Gasteiger partial charge < -0.3 is 5.32 Å². The van der Waals surface area contributed by atoms with Gasteiger partial charge in [-0.05, 0) is 29.4 Å². The van der Waals surface area contributed by atoms with Crippen molar-refractivity contribution in [2.45, 2.75) is 32.2 Å². The minimum atomic E-state index is 0.506. The fourth-order valence-electron chi connectivity index (χ4n) is 1.42. The molecule has 1 rings (SSSR count). The van der Waals surface area contributed by atoms with E-state index in [1.54, 1.807) is 12.5 Å². The van der Waals surface area contributed by atoms with Gasteiger partial charge >= 0.3 is 0 Å². The van der Waals surface area contributed by atoms with Gasteiger partial charge in [0.05, 0.1) is 10.2 Å². The largest absolute Gasteiger partial charge is 0.317 e. The van der Waals surface area contributed by atoms with Crippen LogP contribution >= 0.6 is 15.9 Å². The third kappa shape index (κ3) is 3.35. The highest BCUT2D eigenvalue weighted by Gasteiger charge is 2.09. The summed E-state index contributed by atoms with van der Waals surface area (Å²) in [7, 11) is 2.00. The molecule has 0 saturated heterocycles. The monoisotopic (exact) mass is 257 g/mol. The summed E-state index contributed by atoms with van der Waals surface area (Å²) in [6.07, 6.45) is 6.70. The topological polar surface area (TPSA) is 37.8 Å². The van der Waals surface area contributed by atoms with Gasteiger partial charge in [-0.25, -0.2) is 9.97 Å². The Balaban J connectivity index is 2.62. The summed E-state index contributed by atoms with van der Waals surface area (Å²) in [5, 5.41) is 3.30. The third-order valence-corrected chi connectivity index (χ3v) is 2.89. The predicted molar refractivity (Wildman–Crippen MR) is 61.2 cm³/mol. The van der Waals surface area contributed by atoms with Crippen LogP contribution in [0.4, 0.5) is 0 Å². The third-order valence-electron chi connectivity index (χ3n) is 2.23. The van der Waals surface area contributed by atoms with Crippen LogP contribution in [0.3, 0.4) is 0 Å². The molecule has 1 heterocycles. The summed E-state index contributed by atoms with van der Waals surface area (Å²) >= 11 is 3.45. The van der Waals surface area contributed by atoms with E-state index in [1.807, 2.05) is 7.05 Å². The lowest BCUT2D eigenvalue weighted by molar-refractivity contribution is 0.507. The van der Waals surface area contributed by atoms with Crippen LogP contribution in [0.15, 0.2) is 17.0 Å². The van der Waals surface area contributed by atoms with Gasteiger partial charge in [0.25, 0.3) is 0 Å². The van der Waals surface area contributed by atoms with Crippen molar-refractivity contribution in [1.82, 2.24) is 15.3 Å². The molecule has 1 aromatic rings. The Hall–Kier alpha value is -0.480. The average molecular weight is 258 g/mol. The Morgan fingerprint density at radius 3 is 2.93 bits per heavy atom. The highest BCUT2D eigenvalue weighted by molar-refractivity contribution is 9.10. The minimum absolute atomic E-state index is 0.506. The van der Waals surface area contributed by atoms with E-state index in [-0.39, 0.29) is 0 Å². The van der Waals surface area contributed by atoms with Crippen LogP contribution in [0.25, 0.3) is 0 Å². The fourth-order valence-corrected chi connectivity index (χ4v) is 1.80. The first kappa shape index (κ1) is 11.6. The Bertz CT molecular complexity index is 278. The second-order valence-corrected chi connectivity index (χ2v) is 4.15. The van der Waals surface area contributed by atoms with Crippen molar-refractivity contribution in [3.63, 3.8) is 0 Å². The smallest absolute Gasteiger partial charge is 0.115 e. The van der Waals surface area contributed by atoms with Crippen LogP contribution < -0.4 is 5.32 Å². The summed E-state index contributed by atoms with van der Waals surface area (Å²) in [4.78, 5) is 8.20. The Morgan fingerprint density at radius 1 is 1.57 bits per heavy atom. The molecule has 0 aliphatic carbocycles. The zero-order valence-electron chi connectivity index (χ0n) is 8.63. The molecule has 0 aromatic carbocycles. The maximum Gasteiger partial charge on any atom is 0.115 e. The normalized spacial score (nSPS) is 12.8. The van der Waals surface area contributed by atoms with Gasteiger partial charge in [0.1, 0.15) is 6.33 Å². The molecule has 0 aliphatic rings. The lowest BCUT2D eigenvalue weighted by Crippen LogP contribution is -2.27. The molecule has 1 unspecified atom stereocenters. The van der Waals surface area contributed by atoms with Gasteiger partial charge in [-0.1, -0.05) is 13.3 Å². The van der Waals surface area contributed by atoms with Crippen molar-refractivity contribution in [3.05, 3.63) is 22.7 Å². The van der Waals surface area contributed by atoms with Crippen molar-refractivity contribution in [1.29, 1.82) is 0 Å². The van der Waals surface area contributed by atoms with E-state index in [1.165, 1.54) is 12.8 Å². The zero-order valence-corrected chi connectivity index (χ0v) is 10.2. The summed E-state index contributed by atoms with van der Waals surface area (Å²) in [6.45, 7) is 2.19. The van der Waals surface area contributed by atoms with Gasteiger partial charge in [0.2, 0.25) is 0 Å². The van der Waals surface area contributed by atoms with E-state index in [0.717, 1.165) is 16.6 Å². The summed E-state index contributed by atoms with van der Waals surface area (Å²) in [5.74, 6) is 0. The van der Waals surface area contributed by atoms with Crippen molar-refractivity contribution in [3.8, 4) is 0 Å². The molecule has 1 N–H and O–H groups in total. The van der Waals surface area contributed by atoms with Crippen molar-refractivity contribution >= 4 is 15.9 Å². The quantitative estimate of drug-likeness (QED) is 0.879. The fraction of sp³-hybridized carbons (Fsp3) is 0.600. The lowest BCUT2D eigenvalue weighted by atomic mass is 10.1. The van der Waals surface area contributed by atoms with Gasteiger partial charge in [-0.2, -0.15) is 0 Å².